The maximum atomic E-state index is 15.0. The van der Waals surface area contributed by atoms with E-state index in [2.05, 4.69) is 0 Å². The average molecular weight is 857 g/mol. The van der Waals surface area contributed by atoms with Crippen LogP contribution in [0.3, 0.4) is 0 Å². The molecule has 0 amide bonds. The van der Waals surface area contributed by atoms with E-state index in [1.54, 1.807) is 0 Å². The molecular formula is C31H18ClF21O2. The SMILES string of the molecule is COc1ccc(C(Cl)(c2ccc(OC)cc2)c2ccc(C(F)(F)C(F)(F)C(F)(F)C(F)(F)C(F)(F)C(F)(F)C(F)(F)C(F)(F)C(F)(F)C(F)(F)F)cc2)cc1. The molecule has 3 rings (SSSR count). The maximum absolute atomic E-state index is 15.0. The Bertz CT molecular complexity index is 1760. The van der Waals surface area contributed by atoms with Crippen molar-refractivity contribution in [3.63, 3.8) is 0 Å². The quantitative estimate of drug-likeness (QED) is 0.0914. The molecule has 0 aliphatic rings. The molecule has 0 atom stereocenters. The Balaban J connectivity index is 2.15. The highest BCUT2D eigenvalue weighted by Crippen LogP contribution is 2.67. The lowest BCUT2D eigenvalue weighted by atomic mass is 9.82. The molecule has 0 aromatic heterocycles. The third kappa shape index (κ3) is 6.34. The fourth-order valence-electron chi connectivity index (χ4n) is 4.79. The summed E-state index contributed by atoms with van der Waals surface area (Å²) in [6.07, 6.45) is -8.05. The van der Waals surface area contributed by atoms with E-state index >= 15 is 8.78 Å². The summed E-state index contributed by atoms with van der Waals surface area (Å²) < 4.78 is 301. The van der Waals surface area contributed by atoms with Crippen LogP contribution < -0.4 is 9.47 Å². The van der Waals surface area contributed by atoms with Gasteiger partial charge in [-0.25, -0.2) is 0 Å². The van der Waals surface area contributed by atoms with Crippen LogP contribution in [0, 0.1) is 0 Å². The lowest BCUT2D eigenvalue weighted by Gasteiger charge is -2.44. The van der Waals surface area contributed by atoms with Gasteiger partial charge in [-0.1, -0.05) is 48.5 Å². The van der Waals surface area contributed by atoms with E-state index < -0.39 is 75.5 Å². The molecule has 3 aromatic rings. The van der Waals surface area contributed by atoms with Crippen molar-refractivity contribution in [1.82, 2.24) is 0 Å². The van der Waals surface area contributed by atoms with Gasteiger partial charge in [0.05, 0.1) is 14.2 Å². The minimum atomic E-state index is -9.25. The van der Waals surface area contributed by atoms with Gasteiger partial charge in [0, 0.05) is 5.56 Å². The van der Waals surface area contributed by atoms with Crippen molar-refractivity contribution in [3.8, 4) is 11.5 Å². The number of alkyl halides is 22. The number of hydrogen-bond acceptors (Lipinski definition) is 2. The predicted octanol–water partition coefficient (Wildman–Crippen LogP) is 12.0. The predicted molar refractivity (Wildman–Crippen MR) is 148 cm³/mol. The Morgan fingerprint density at radius 2 is 0.545 bits per heavy atom. The van der Waals surface area contributed by atoms with E-state index in [4.69, 9.17) is 21.1 Å². The second-order valence-corrected chi connectivity index (χ2v) is 11.9. The molecule has 3 aromatic carbocycles. The standard InChI is InChI=1S/C31H18ClF21O2/c1-54-19-11-7-16(8-12-19)21(32,17-9-13-20(55-2)14-10-17)15-3-5-18(6-4-15)22(33,34)23(35,36)24(37,38)25(39,40)26(41,42)27(43,44)28(45,46)29(47,48)30(49,50)31(51,52)53/h3-14H,1-2H3. The summed E-state index contributed by atoms with van der Waals surface area (Å²) in [5, 5.41) is 0. The van der Waals surface area contributed by atoms with E-state index in [9.17, 15) is 83.4 Å². The van der Waals surface area contributed by atoms with Crippen LogP contribution in [-0.2, 0) is 10.8 Å². The molecule has 0 fully saturated rings. The van der Waals surface area contributed by atoms with Crippen molar-refractivity contribution in [1.29, 1.82) is 0 Å². The van der Waals surface area contributed by atoms with Crippen molar-refractivity contribution in [2.24, 2.45) is 0 Å². The van der Waals surface area contributed by atoms with Gasteiger partial charge in [-0.3, -0.25) is 0 Å². The van der Waals surface area contributed by atoms with Gasteiger partial charge in [0.15, 0.2) is 0 Å². The lowest BCUT2D eigenvalue weighted by Crippen LogP contribution is -2.76. The van der Waals surface area contributed by atoms with Gasteiger partial charge >= 0.3 is 59.5 Å². The first kappa shape index (κ1) is 45.5. The lowest BCUT2D eigenvalue weighted by molar-refractivity contribution is -0.474. The molecule has 0 aliphatic heterocycles. The first-order valence-electron chi connectivity index (χ1n) is 14.1. The highest BCUT2D eigenvalue weighted by Gasteiger charge is 2.97. The second kappa shape index (κ2) is 13.6. The molecule has 0 radical (unpaired) electrons. The van der Waals surface area contributed by atoms with Gasteiger partial charge in [-0.05, 0) is 41.0 Å². The fraction of sp³-hybridized carbons (Fsp3) is 0.419. The smallest absolute Gasteiger partial charge is 0.460 e. The molecule has 55 heavy (non-hydrogen) atoms. The Kier molecular flexibility index (Phi) is 11.3. The van der Waals surface area contributed by atoms with Crippen LogP contribution in [-0.4, -0.2) is 67.8 Å². The molecule has 24 heteroatoms. The number of methoxy groups -OCH3 is 2. The molecule has 0 unspecified atom stereocenters. The Hall–Kier alpha value is -3.92. The Labute approximate surface area is 298 Å². The highest BCUT2D eigenvalue weighted by molar-refractivity contribution is 6.28. The molecule has 0 spiro atoms. The Morgan fingerprint density at radius 1 is 0.327 bits per heavy atom. The zero-order valence-electron chi connectivity index (χ0n) is 26.6. The van der Waals surface area contributed by atoms with Crippen LogP contribution in [0.15, 0.2) is 72.8 Å². The molecular weight excluding hydrogens is 839 g/mol. The fourth-order valence-corrected chi connectivity index (χ4v) is 5.17. The summed E-state index contributed by atoms with van der Waals surface area (Å²) in [5.74, 6) is -77.4. The second-order valence-electron chi connectivity index (χ2n) is 11.4. The largest absolute Gasteiger partial charge is 0.497 e. The summed E-state index contributed by atoms with van der Waals surface area (Å²) in [6.45, 7) is 0. The minimum Gasteiger partial charge on any atom is -0.497 e. The van der Waals surface area contributed by atoms with Crippen LogP contribution in [0.1, 0.15) is 22.3 Å². The van der Waals surface area contributed by atoms with Gasteiger partial charge in [0.25, 0.3) is 0 Å². The van der Waals surface area contributed by atoms with Gasteiger partial charge in [0.2, 0.25) is 0 Å². The van der Waals surface area contributed by atoms with Crippen LogP contribution in [0.25, 0.3) is 0 Å². The zero-order chi connectivity index (χ0) is 42.9. The summed E-state index contributed by atoms with van der Waals surface area (Å²) in [7, 11) is 2.50. The molecule has 0 bridgehead atoms. The molecule has 0 saturated heterocycles. The van der Waals surface area contributed by atoms with Crippen LogP contribution >= 0.6 is 11.6 Å². The van der Waals surface area contributed by atoms with Crippen molar-refractivity contribution in [2.75, 3.05) is 14.2 Å². The number of hydrogen-bond donors (Lipinski definition) is 0. The van der Waals surface area contributed by atoms with Gasteiger partial charge < -0.3 is 9.47 Å². The monoisotopic (exact) mass is 856 g/mol. The van der Waals surface area contributed by atoms with Crippen molar-refractivity contribution < 1.29 is 102 Å². The third-order valence-corrected chi connectivity index (χ3v) is 8.79. The molecule has 308 valence electrons. The molecule has 0 N–H and O–H groups in total. The molecule has 0 saturated carbocycles. The highest BCUT2D eigenvalue weighted by atomic mass is 35.5. The van der Waals surface area contributed by atoms with E-state index in [0.717, 1.165) is 0 Å². The van der Waals surface area contributed by atoms with Crippen LogP contribution in [0.5, 0.6) is 11.5 Å². The molecule has 2 nitrogen and oxygen atoms in total. The van der Waals surface area contributed by atoms with E-state index in [-0.39, 0.29) is 34.8 Å². The van der Waals surface area contributed by atoms with Crippen molar-refractivity contribution >= 4 is 11.6 Å². The zero-order valence-corrected chi connectivity index (χ0v) is 27.3. The van der Waals surface area contributed by atoms with Gasteiger partial charge in [-0.15, -0.1) is 11.6 Å². The molecule has 0 heterocycles. The van der Waals surface area contributed by atoms with Crippen LogP contribution in [0.2, 0.25) is 0 Å². The summed E-state index contributed by atoms with van der Waals surface area (Å²) in [6, 6.07) is 10.7. The normalized spacial score (nSPS) is 14.9. The Morgan fingerprint density at radius 3 is 0.800 bits per heavy atom. The van der Waals surface area contributed by atoms with Crippen molar-refractivity contribution in [2.45, 2.75) is 64.4 Å². The first-order valence-corrected chi connectivity index (χ1v) is 14.5. The van der Waals surface area contributed by atoms with E-state index in [1.165, 1.54) is 62.8 Å². The number of halogens is 22. The van der Waals surface area contributed by atoms with Crippen LogP contribution in [0.4, 0.5) is 92.2 Å². The van der Waals surface area contributed by atoms with Crippen molar-refractivity contribution in [3.05, 3.63) is 95.1 Å². The topological polar surface area (TPSA) is 18.5 Å². The van der Waals surface area contributed by atoms with Gasteiger partial charge in [0.1, 0.15) is 16.4 Å². The minimum absolute atomic E-state index is 0.0506. The van der Waals surface area contributed by atoms with E-state index in [0.29, 0.717) is 12.1 Å². The number of rotatable bonds is 14. The average Bonchev–Trinajstić information content (AvgIpc) is 3.10. The van der Waals surface area contributed by atoms with E-state index in [1.807, 2.05) is 0 Å². The summed E-state index contributed by atoms with van der Waals surface area (Å²) in [5.41, 5.74) is -2.82. The van der Waals surface area contributed by atoms with Gasteiger partial charge in [-0.2, -0.15) is 92.2 Å². The third-order valence-electron chi connectivity index (χ3n) is 8.13. The summed E-state index contributed by atoms with van der Waals surface area (Å²) in [4.78, 5) is -2.05. The maximum Gasteiger partial charge on any atom is 0.460 e. The number of benzene rings is 3. The first-order chi connectivity index (χ1) is 24.5. The number of ether oxygens (including phenoxy) is 2. The molecule has 0 aliphatic carbocycles. The summed E-state index contributed by atoms with van der Waals surface area (Å²) >= 11 is 6.90.